The zero-order valence-electron chi connectivity index (χ0n) is 10.6. The van der Waals surface area contributed by atoms with Gasteiger partial charge in [0.15, 0.2) is 0 Å². The minimum Gasteiger partial charge on any atom is -0.438 e. The molecule has 0 radical (unpaired) electrons. The van der Waals surface area contributed by atoms with Crippen molar-refractivity contribution < 1.29 is 4.74 Å². The standard InChI is InChI=1S/C13H13BrClN3O/c1-3-16-13-17-7-10(14)12(18-13)19-9-4-5-11(15)8(2)6-9/h4-7H,3H2,1-2H3,(H,16,17,18). The molecule has 2 aromatic rings. The number of ether oxygens (including phenoxy) is 1. The van der Waals surface area contributed by atoms with Crippen molar-refractivity contribution in [2.24, 2.45) is 0 Å². The maximum absolute atomic E-state index is 5.98. The van der Waals surface area contributed by atoms with Crippen molar-refractivity contribution in [2.45, 2.75) is 13.8 Å². The van der Waals surface area contributed by atoms with Gasteiger partial charge in [-0.2, -0.15) is 4.98 Å². The van der Waals surface area contributed by atoms with E-state index in [-0.39, 0.29) is 0 Å². The molecule has 1 aromatic carbocycles. The predicted molar refractivity (Wildman–Crippen MR) is 80.2 cm³/mol. The summed E-state index contributed by atoms with van der Waals surface area (Å²) < 4.78 is 6.43. The Hall–Kier alpha value is -1.33. The normalized spacial score (nSPS) is 10.3. The van der Waals surface area contributed by atoms with Crippen LogP contribution in [0.4, 0.5) is 5.95 Å². The number of anilines is 1. The fourth-order valence-electron chi connectivity index (χ4n) is 1.46. The van der Waals surface area contributed by atoms with E-state index in [1.807, 2.05) is 19.9 Å². The highest BCUT2D eigenvalue weighted by molar-refractivity contribution is 9.10. The molecule has 0 bridgehead atoms. The minimum absolute atomic E-state index is 0.465. The Bertz CT molecular complexity index is 592. The van der Waals surface area contributed by atoms with Crippen molar-refractivity contribution >= 4 is 33.5 Å². The molecule has 100 valence electrons. The lowest BCUT2D eigenvalue weighted by molar-refractivity contribution is 0.458. The molecule has 0 fully saturated rings. The molecule has 0 saturated heterocycles. The molecule has 1 heterocycles. The molecule has 0 unspecified atom stereocenters. The van der Waals surface area contributed by atoms with Crippen molar-refractivity contribution in [2.75, 3.05) is 11.9 Å². The van der Waals surface area contributed by atoms with Gasteiger partial charge in [-0.1, -0.05) is 11.6 Å². The zero-order chi connectivity index (χ0) is 13.8. The highest BCUT2D eigenvalue weighted by atomic mass is 79.9. The highest BCUT2D eigenvalue weighted by Gasteiger charge is 2.08. The topological polar surface area (TPSA) is 47.0 Å². The van der Waals surface area contributed by atoms with Crippen molar-refractivity contribution in [1.82, 2.24) is 9.97 Å². The Labute approximate surface area is 125 Å². The van der Waals surface area contributed by atoms with Gasteiger partial charge >= 0.3 is 0 Å². The van der Waals surface area contributed by atoms with E-state index in [1.165, 1.54) is 0 Å². The summed E-state index contributed by atoms with van der Waals surface area (Å²) in [5.74, 6) is 1.68. The quantitative estimate of drug-likeness (QED) is 0.893. The van der Waals surface area contributed by atoms with Gasteiger partial charge in [-0.05, 0) is 53.5 Å². The van der Waals surface area contributed by atoms with Crippen LogP contribution in [0.25, 0.3) is 0 Å². The SMILES string of the molecule is CCNc1ncc(Br)c(Oc2ccc(Cl)c(C)c2)n1. The molecule has 4 nitrogen and oxygen atoms in total. The molecular formula is C13H13BrClN3O. The Morgan fingerprint density at radius 1 is 1.42 bits per heavy atom. The summed E-state index contributed by atoms with van der Waals surface area (Å²) in [7, 11) is 0. The van der Waals surface area contributed by atoms with Crippen molar-refractivity contribution in [3.63, 3.8) is 0 Å². The van der Waals surface area contributed by atoms with Crippen LogP contribution in [-0.4, -0.2) is 16.5 Å². The third-order valence-electron chi connectivity index (χ3n) is 2.39. The van der Waals surface area contributed by atoms with E-state index in [0.717, 1.165) is 12.1 Å². The van der Waals surface area contributed by atoms with E-state index in [1.54, 1.807) is 18.3 Å². The summed E-state index contributed by atoms with van der Waals surface area (Å²) in [6.45, 7) is 4.66. The lowest BCUT2D eigenvalue weighted by atomic mass is 10.2. The van der Waals surface area contributed by atoms with Gasteiger partial charge in [-0.15, -0.1) is 0 Å². The first-order valence-corrected chi connectivity index (χ1v) is 6.97. The zero-order valence-corrected chi connectivity index (χ0v) is 12.9. The molecule has 2 rings (SSSR count). The van der Waals surface area contributed by atoms with Crippen LogP contribution in [0.5, 0.6) is 11.6 Å². The molecule has 0 amide bonds. The van der Waals surface area contributed by atoms with Crippen LogP contribution in [0.3, 0.4) is 0 Å². The molecule has 0 aliphatic rings. The number of aromatic nitrogens is 2. The van der Waals surface area contributed by atoms with Gasteiger partial charge in [0.2, 0.25) is 11.8 Å². The Morgan fingerprint density at radius 3 is 2.89 bits per heavy atom. The van der Waals surface area contributed by atoms with Crippen molar-refractivity contribution in [3.8, 4) is 11.6 Å². The summed E-state index contributed by atoms with van der Waals surface area (Å²) in [5.41, 5.74) is 0.955. The average Bonchev–Trinajstić information content (AvgIpc) is 2.38. The molecule has 0 saturated carbocycles. The Kier molecular flexibility index (Phi) is 4.61. The first-order valence-electron chi connectivity index (χ1n) is 5.80. The van der Waals surface area contributed by atoms with Gasteiger partial charge in [-0.25, -0.2) is 4.98 Å². The maximum Gasteiger partial charge on any atom is 0.238 e. The highest BCUT2D eigenvalue weighted by Crippen LogP contribution is 2.29. The fourth-order valence-corrected chi connectivity index (χ4v) is 1.85. The third kappa shape index (κ3) is 3.58. The monoisotopic (exact) mass is 341 g/mol. The number of nitrogens with zero attached hydrogens (tertiary/aromatic N) is 2. The summed E-state index contributed by atoms with van der Waals surface area (Å²) in [6.07, 6.45) is 1.66. The van der Waals surface area contributed by atoms with Gasteiger partial charge in [0, 0.05) is 11.6 Å². The van der Waals surface area contributed by atoms with Gasteiger partial charge in [0.1, 0.15) is 5.75 Å². The van der Waals surface area contributed by atoms with Gasteiger partial charge < -0.3 is 10.1 Å². The van der Waals surface area contributed by atoms with Gasteiger partial charge in [-0.3, -0.25) is 0 Å². The van der Waals surface area contributed by atoms with E-state index < -0.39 is 0 Å². The number of hydrogen-bond donors (Lipinski definition) is 1. The van der Waals surface area contributed by atoms with Crippen LogP contribution >= 0.6 is 27.5 Å². The van der Waals surface area contributed by atoms with E-state index in [4.69, 9.17) is 16.3 Å². The number of nitrogens with one attached hydrogen (secondary N) is 1. The molecule has 0 atom stereocenters. The molecule has 19 heavy (non-hydrogen) atoms. The second-order valence-corrected chi connectivity index (χ2v) is 5.15. The molecule has 0 aliphatic carbocycles. The second kappa shape index (κ2) is 6.21. The van der Waals surface area contributed by atoms with Gasteiger partial charge in [0.25, 0.3) is 0 Å². The van der Waals surface area contributed by atoms with E-state index in [0.29, 0.717) is 27.1 Å². The van der Waals surface area contributed by atoms with Crippen LogP contribution in [0.2, 0.25) is 5.02 Å². The molecular weight excluding hydrogens is 330 g/mol. The molecule has 0 spiro atoms. The first kappa shape index (κ1) is 14.1. The van der Waals surface area contributed by atoms with Crippen LogP contribution in [0, 0.1) is 6.92 Å². The maximum atomic E-state index is 5.98. The minimum atomic E-state index is 0.465. The molecule has 6 heteroatoms. The number of benzene rings is 1. The van der Waals surface area contributed by atoms with Crippen molar-refractivity contribution in [1.29, 1.82) is 0 Å². The lowest BCUT2D eigenvalue weighted by Gasteiger charge is -2.09. The van der Waals surface area contributed by atoms with Crippen LogP contribution in [0.1, 0.15) is 12.5 Å². The number of hydrogen-bond acceptors (Lipinski definition) is 4. The summed E-state index contributed by atoms with van der Waals surface area (Å²) >= 11 is 9.35. The predicted octanol–water partition coefficient (Wildman–Crippen LogP) is 4.43. The van der Waals surface area contributed by atoms with E-state index >= 15 is 0 Å². The molecule has 1 aromatic heterocycles. The summed E-state index contributed by atoms with van der Waals surface area (Å²) in [6, 6.07) is 5.47. The first-order chi connectivity index (χ1) is 9.10. The number of aryl methyl sites for hydroxylation is 1. The Balaban J connectivity index is 2.26. The van der Waals surface area contributed by atoms with Crippen molar-refractivity contribution in [3.05, 3.63) is 39.5 Å². The second-order valence-electron chi connectivity index (χ2n) is 3.89. The molecule has 1 N–H and O–H groups in total. The fraction of sp³-hybridized carbons (Fsp3) is 0.231. The third-order valence-corrected chi connectivity index (χ3v) is 3.36. The van der Waals surface area contributed by atoms with Crippen LogP contribution in [0.15, 0.2) is 28.9 Å². The van der Waals surface area contributed by atoms with Gasteiger partial charge in [0.05, 0.1) is 10.7 Å². The average molecular weight is 343 g/mol. The van der Waals surface area contributed by atoms with Crippen LogP contribution in [-0.2, 0) is 0 Å². The van der Waals surface area contributed by atoms with E-state index in [9.17, 15) is 0 Å². The molecule has 0 aliphatic heterocycles. The van der Waals surface area contributed by atoms with Crippen LogP contribution < -0.4 is 10.1 Å². The smallest absolute Gasteiger partial charge is 0.238 e. The van der Waals surface area contributed by atoms with E-state index in [2.05, 4.69) is 31.2 Å². The summed E-state index contributed by atoms with van der Waals surface area (Å²) in [5, 5.41) is 3.75. The Morgan fingerprint density at radius 2 is 2.21 bits per heavy atom. The lowest BCUT2D eigenvalue weighted by Crippen LogP contribution is -2.03. The summed E-state index contributed by atoms with van der Waals surface area (Å²) in [4.78, 5) is 8.42. The number of halogens is 2. The number of rotatable bonds is 4. The largest absolute Gasteiger partial charge is 0.438 e.